The maximum atomic E-state index is 12.0. The zero-order chi connectivity index (χ0) is 17.6. The van der Waals surface area contributed by atoms with Crippen molar-refractivity contribution >= 4 is 40.0 Å². The van der Waals surface area contributed by atoms with Gasteiger partial charge in [-0.2, -0.15) is 0 Å². The Bertz CT molecular complexity index is 698. The average molecular weight is 452 g/mol. The van der Waals surface area contributed by atoms with Crippen LogP contribution in [0, 0.1) is 3.57 Å². The number of hydrogen-bond acceptors (Lipinski definition) is 5. The molecule has 2 aromatic rings. The second kappa shape index (κ2) is 8.48. The molecule has 1 aliphatic heterocycles. The van der Waals surface area contributed by atoms with Gasteiger partial charge in [-0.05, 0) is 66.0 Å². The lowest BCUT2D eigenvalue weighted by Gasteiger charge is -2.33. The normalized spacial score (nSPS) is 15.0. The van der Waals surface area contributed by atoms with Crippen LogP contribution >= 0.6 is 22.6 Å². The highest BCUT2D eigenvalue weighted by Gasteiger charge is 2.15. The van der Waals surface area contributed by atoms with E-state index >= 15 is 0 Å². The highest BCUT2D eigenvalue weighted by Crippen LogP contribution is 2.16. The van der Waals surface area contributed by atoms with Crippen LogP contribution in [0.5, 0.6) is 5.75 Å². The van der Waals surface area contributed by atoms with Crippen LogP contribution in [0.4, 0.5) is 11.5 Å². The number of hydrogen-bond donors (Lipinski definition) is 1. The minimum Gasteiger partial charge on any atom is -0.484 e. The highest BCUT2D eigenvalue weighted by molar-refractivity contribution is 14.1. The molecule has 0 bridgehead atoms. The molecule has 6 nitrogen and oxygen atoms in total. The number of pyridine rings is 1. The second-order valence-corrected chi connectivity index (χ2v) is 7.23. The second-order valence-electron chi connectivity index (χ2n) is 5.99. The molecule has 1 saturated heterocycles. The molecule has 7 heteroatoms. The smallest absolute Gasteiger partial charge is 0.262 e. The van der Waals surface area contributed by atoms with Crippen LogP contribution in [0.25, 0.3) is 0 Å². The molecule has 0 saturated carbocycles. The molecule has 132 valence electrons. The Morgan fingerprint density at radius 2 is 1.88 bits per heavy atom. The van der Waals surface area contributed by atoms with E-state index in [4.69, 9.17) is 4.74 Å². The van der Waals surface area contributed by atoms with Crippen molar-refractivity contribution in [3.8, 4) is 5.75 Å². The Balaban J connectivity index is 1.49. The minimum absolute atomic E-state index is 0.0270. The zero-order valence-electron chi connectivity index (χ0n) is 14.1. The van der Waals surface area contributed by atoms with Gasteiger partial charge in [-0.15, -0.1) is 0 Å². The van der Waals surface area contributed by atoms with E-state index in [1.54, 1.807) is 6.20 Å². The van der Waals surface area contributed by atoms with Gasteiger partial charge in [0.15, 0.2) is 6.61 Å². The van der Waals surface area contributed by atoms with E-state index in [0.29, 0.717) is 11.4 Å². The topological polar surface area (TPSA) is 57.7 Å². The number of anilines is 2. The first-order valence-corrected chi connectivity index (χ1v) is 9.26. The molecule has 1 aliphatic rings. The summed E-state index contributed by atoms with van der Waals surface area (Å²) in [7, 11) is 2.13. The van der Waals surface area contributed by atoms with Crippen LogP contribution in [0.2, 0.25) is 0 Å². The summed E-state index contributed by atoms with van der Waals surface area (Å²) in [6.07, 6.45) is 1.69. The van der Waals surface area contributed by atoms with E-state index in [0.717, 1.165) is 35.6 Å². The number of nitrogens with one attached hydrogen (secondary N) is 1. The molecule has 1 fully saturated rings. The van der Waals surface area contributed by atoms with Crippen LogP contribution in [-0.4, -0.2) is 55.6 Å². The monoisotopic (exact) mass is 452 g/mol. The molecule has 0 spiro atoms. The Morgan fingerprint density at radius 3 is 2.52 bits per heavy atom. The Morgan fingerprint density at radius 1 is 1.16 bits per heavy atom. The van der Waals surface area contributed by atoms with Gasteiger partial charge in [-0.3, -0.25) is 4.79 Å². The summed E-state index contributed by atoms with van der Waals surface area (Å²) in [5, 5.41) is 2.81. The fraction of sp³-hybridized carbons (Fsp3) is 0.333. The summed E-state index contributed by atoms with van der Waals surface area (Å²) >= 11 is 2.23. The first-order chi connectivity index (χ1) is 12.1. The summed E-state index contributed by atoms with van der Waals surface area (Å²) in [6.45, 7) is 3.99. The summed E-state index contributed by atoms with van der Waals surface area (Å²) in [5.41, 5.74) is 0.675. The van der Waals surface area contributed by atoms with Crippen molar-refractivity contribution in [3.05, 3.63) is 46.2 Å². The highest BCUT2D eigenvalue weighted by atomic mass is 127. The SMILES string of the molecule is CN1CCN(c2ccc(NC(=O)COc3ccc(I)cc3)cn2)CC1. The Hall–Kier alpha value is -1.87. The van der Waals surface area contributed by atoms with E-state index in [1.807, 2.05) is 36.4 Å². The number of carbonyl (C=O) groups is 1. The molecule has 1 N–H and O–H groups in total. The summed E-state index contributed by atoms with van der Waals surface area (Å²) in [4.78, 5) is 21.0. The number of piperazine rings is 1. The van der Waals surface area contributed by atoms with Crippen molar-refractivity contribution in [2.24, 2.45) is 0 Å². The van der Waals surface area contributed by atoms with Crippen LogP contribution in [0.1, 0.15) is 0 Å². The van der Waals surface area contributed by atoms with Crippen LogP contribution < -0.4 is 15.0 Å². The van der Waals surface area contributed by atoms with Gasteiger partial charge in [0.25, 0.3) is 5.91 Å². The van der Waals surface area contributed by atoms with E-state index in [9.17, 15) is 4.79 Å². The molecule has 0 aliphatic carbocycles. The number of carbonyl (C=O) groups excluding carboxylic acids is 1. The predicted molar refractivity (Wildman–Crippen MR) is 107 cm³/mol. The quantitative estimate of drug-likeness (QED) is 0.707. The number of benzene rings is 1. The van der Waals surface area contributed by atoms with Crippen LogP contribution in [-0.2, 0) is 4.79 Å². The molecule has 1 amide bonds. The van der Waals surface area contributed by atoms with Crippen molar-refractivity contribution in [3.63, 3.8) is 0 Å². The largest absolute Gasteiger partial charge is 0.484 e. The fourth-order valence-electron chi connectivity index (χ4n) is 2.56. The lowest BCUT2D eigenvalue weighted by molar-refractivity contribution is -0.118. The third-order valence-electron chi connectivity index (χ3n) is 4.04. The van der Waals surface area contributed by atoms with Gasteiger partial charge in [0.2, 0.25) is 0 Å². The Kier molecular flexibility index (Phi) is 6.09. The molecule has 1 aromatic carbocycles. The third-order valence-corrected chi connectivity index (χ3v) is 4.76. The molecule has 0 radical (unpaired) electrons. The van der Waals surface area contributed by atoms with E-state index < -0.39 is 0 Å². The van der Waals surface area contributed by atoms with E-state index in [1.165, 1.54) is 0 Å². The zero-order valence-corrected chi connectivity index (χ0v) is 16.3. The lowest BCUT2D eigenvalue weighted by atomic mass is 10.3. The minimum atomic E-state index is -0.201. The third kappa shape index (κ3) is 5.30. The number of halogens is 1. The molecule has 3 rings (SSSR count). The lowest BCUT2D eigenvalue weighted by Crippen LogP contribution is -2.44. The number of ether oxygens (including phenoxy) is 1. The predicted octanol–water partition coefficient (Wildman–Crippen LogP) is 2.46. The first-order valence-electron chi connectivity index (χ1n) is 8.18. The summed E-state index contributed by atoms with van der Waals surface area (Å²) < 4.78 is 6.60. The standard InChI is InChI=1S/C18H21IN4O2/c1-22-8-10-23(11-9-22)17-7-4-15(12-20-17)21-18(24)13-25-16-5-2-14(19)3-6-16/h2-7,12H,8-11,13H2,1H3,(H,21,24). The maximum Gasteiger partial charge on any atom is 0.262 e. The molecule has 1 aromatic heterocycles. The molecule has 2 heterocycles. The maximum absolute atomic E-state index is 12.0. The number of likely N-dealkylation sites (N-methyl/N-ethyl adjacent to an activating group) is 1. The molecule has 25 heavy (non-hydrogen) atoms. The molecular formula is C18H21IN4O2. The van der Waals surface area contributed by atoms with Crippen molar-refractivity contribution in [2.75, 3.05) is 50.1 Å². The van der Waals surface area contributed by atoms with Crippen molar-refractivity contribution in [1.82, 2.24) is 9.88 Å². The van der Waals surface area contributed by atoms with Gasteiger partial charge in [-0.1, -0.05) is 0 Å². The van der Waals surface area contributed by atoms with Gasteiger partial charge in [-0.25, -0.2) is 4.98 Å². The first kappa shape index (κ1) is 17.9. The number of amides is 1. The number of rotatable bonds is 5. The molecule has 0 unspecified atom stereocenters. The van der Waals surface area contributed by atoms with Crippen LogP contribution in [0.15, 0.2) is 42.6 Å². The van der Waals surface area contributed by atoms with Crippen molar-refractivity contribution < 1.29 is 9.53 Å². The number of nitrogens with zero attached hydrogens (tertiary/aromatic N) is 3. The van der Waals surface area contributed by atoms with Crippen molar-refractivity contribution in [2.45, 2.75) is 0 Å². The summed E-state index contributed by atoms with van der Waals surface area (Å²) in [6, 6.07) is 11.4. The van der Waals surface area contributed by atoms with Crippen molar-refractivity contribution in [1.29, 1.82) is 0 Å². The van der Waals surface area contributed by atoms with Crippen LogP contribution in [0.3, 0.4) is 0 Å². The van der Waals surface area contributed by atoms with Gasteiger partial charge < -0.3 is 19.9 Å². The molecular weight excluding hydrogens is 431 g/mol. The summed E-state index contributed by atoms with van der Waals surface area (Å²) in [5.74, 6) is 1.42. The van der Waals surface area contributed by atoms with Gasteiger partial charge in [0.1, 0.15) is 11.6 Å². The Labute approximate surface area is 161 Å². The number of aromatic nitrogens is 1. The van der Waals surface area contributed by atoms with Gasteiger partial charge in [0.05, 0.1) is 11.9 Å². The van der Waals surface area contributed by atoms with Gasteiger partial charge >= 0.3 is 0 Å². The van der Waals surface area contributed by atoms with E-state index in [-0.39, 0.29) is 12.5 Å². The van der Waals surface area contributed by atoms with E-state index in [2.05, 4.69) is 49.7 Å². The molecule has 0 atom stereocenters. The fourth-order valence-corrected chi connectivity index (χ4v) is 2.92. The average Bonchev–Trinajstić information content (AvgIpc) is 2.63. The van der Waals surface area contributed by atoms with Gasteiger partial charge in [0, 0.05) is 29.7 Å².